The highest BCUT2D eigenvalue weighted by Crippen LogP contribution is 2.25. The molecule has 0 spiro atoms. The van der Waals surface area contributed by atoms with Crippen LogP contribution in [0.5, 0.6) is 5.75 Å². The van der Waals surface area contributed by atoms with Crippen LogP contribution in [0.4, 0.5) is 13.2 Å². The van der Waals surface area contributed by atoms with Crippen molar-refractivity contribution in [3.63, 3.8) is 0 Å². The second kappa shape index (κ2) is 5.47. The Morgan fingerprint density at radius 2 is 1.81 bits per heavy atom. The van der Waals surface area contributed by atoms with Gasteiger partial charge < -0.3 is 9.72 Å². The lowest BCUT2D eigenvalue weighted by Gasteiger charge is -2.09. The van der Waals surface area contributed by atoms with Gasteiger partial charge in [-0.05, 0) is 17.7 Å². The van der Waals surface area contributed by atoms with Crippen LogP contribution >= 0.6 is 0 Å². The van der Waals surface area contributed by atoms with Crippen LogP contribution in [-0.4, -0.2) is 16.7 Å². The fourth-order valence-electron chi connectivity index (χ4n) is 1.74. The van der Waals surface area contributed by atoms with E-state index >= 15 is 0 Å². The zero-order valence-corrected chi connectivity index (χ0v) is 10.9. The Kier molecular flexibility index (Phi) is 3.88. The van der Waals surface area contributed by atoms with E-state index in [1.165, 1.54) is 7.11 Å². The topological polar surface area (TPSA) is 64.1 Å². The van der Waals surface area contributed by atoms with Crippen molar-refractivity contribution in [3.05, 3.63) is 62.4 Å². The van der Waals surface area contributed by atoms with Crippen LogP contribution in [0.3, 0.4) is 0 Å². The first-order valence-electron chi connectivity index (χ1n) is 5.85. The first kappa shape index (κ1) is 14.9. The van der Waals surface area contributed by atoms with Crippen LogP contribution in [0.15, 0.2) is 39.9 Å². The fourth-order valence-corrected chi connectivity index (χ4v) is 1.74. The summed E-state index contributed by atoms with van der Waals surface area (Å²) in [5, 5.41) is 0. The number of ether oxygens (including phenoxy) is 1. The Morgan fingerprint density at radius 1 is 1.19 bits per heavy atom. The van der Waals surface area contributed by atoms with E-state index in [2.05, 4.69) is 0 Å². The Labute approximate surface area is 116 Å². The summed E-state index contributed by atoms with van der Waals surface area (Å²) >= 11 is 0. The monoisotopic (exact) mass is 300 g/mol. The molecule has 0 unspecified atom stereocenters. The second-order valence-corrected chi connectivity index (χ2v) is 4.26. The molecule has 0 fully saturated rings. The molecule has 0 amide bonds. The van der Waals surface area contributed by atoms with Gasteiger partial charge in [-0.2, -0.15) is 13.2 Å². The molecule has 1 N–H and O–H groups in total. The molecular formula is C13H11F3N2O3. The molecular weight excluding hydrogens is 289 g/mol. The van der Waals surface area contributed by atoms with Crippen LogP contribution in [0.25, 0.3) is 0 Å². The Morgan fingerprint density at radius 3 is 2.29 bits per heavy atom. The van der Waals surface area contributed by atoms with Crippen molar-refractivity contribution in [1.82, 2.24) is 9.55 Å². The van der Waals surface area contributed by atoms with E-state index in [1.807, 2.05) is 0 Å². The van der Waals surface area contributed by atoms with E-state index in [4.69, 9.17) is 4.74 Å². The minimum absolute atomic E-state index is 0.129. The van der Waals surface area contributed by atoms with E-state index in [1.54, 1.807) is 29.2 Å². The van der Waals surface area contributed by atoms with E-state index in [-0.39, 0.29) is 6.54 Å². The molecule has 8 heteroatoms. The molecule has 2 rings (SSSR count). The molecule has 0 aliphatic rings. The molecule has 0 radical (unpaired) electrons. The molecule has 1 aromatic carbocycles. The summed E-state index contributed by atoms with van der Waals surface area (Å²) in [7, 11) is 1.49. The third kappa shape index (κ3) is 3.33. The quantitative estimate of drug-likeness (QED) is 0.936. The highest BCUT2D eigenvalue weighted by Gasteiger charge is 2.32. The summed E-state index contributed by atoms with van der Waals surface area (Å²) in [6, 6.07) is 6.84. The maximum absolute atomic E-state index is 12.5. The highest BCUT2D eigenvalue weighted by atomic mass is 19.4. The zero-order valence-electron chi connectivity index (χ0n) is 10.9. The minimum Gasteiger partial charge on any atom is -0.497 e. The maximum atomic E-state index is 12.5. The summed E-state index contributed by atoms with van der Waals surface area (Å²) in [4.78, 5) is 24.9. The average Bonchev–Trinajstić information content (AvgIpc) is 2.42. The number of hydrogen-bond acceptors (Lipinski definition) is 3. The van der Waals surface area contributed by atoms with Gasteiger partial charge >= 0.3 is 11.9 Å². The Bertz CT molecular complexity index is 714. The molecule has 0 saturated heterocycles. The summed E-state index contributed by atoms with van der Waals surface area (Å²) in [6.07, 6.45) is -4.77. The van der Waals surface area contributed by atoms with E-state index < -0.39 is 23.1 Å². The highest BCUT2D eigenvalue weighted by molar-refractivity contribution is 5.27. The van der Waals surface area contributed by atoms with Gasteiger partial charge in [0.25, 0.3) is 5.56 Å². The Balaban J connectivity index is 2.36. The van der Waals surface area contributed by atoms with E-state index in [9.17, 15) is 22.8 Å². The number of halogens is 3. The lowest BCUT2D eigenvalue weighted by molar-refractivity contribution is -0.141. The van der Waals surface area contributed by atoms with Crippen LogP contribution in [0, 0.1) is 0 Å². The number of methoxy groups -OCH3 is 1. The second-order valence-electron chi connectivity index (χ2n) is 4.26. The lowest BCUT2D eigenvalue weighted by Crippen LogP contribution is -2.37. The van der Waals surface area contributed by atoms with Gasteiger partial charge in [-0.25, -0.2) is 4.79 Å². The van der Waals surface area contributed by atoms with Crippen molar-refractivity contribution < 1.29 is 17.9 Å². The van der Waals surface area contributed by atoms with Crippen molar-refractivity contribution in [2.24, 2.45) is 0 Å². The van der Waals surface area contributed by atoms with Gasteiger partial charge in [0, 0.05) is 6.07 Å². The van der Waals surface area contributed by atoms with E-state index in [0.717, 1.165) is 0 Å². The largest absolute Gasteiger partial charge is 0.497 e. The molecule has 0 atom stereocenters. The van der Waals surface area contributed by atoms with Gasteiger partial charge in [0.15, 0.2) is 0 Å². The number of hydrogen-bond donors (Lipinski definition) is 1. The van der Waals surface area contributed by atoms with Crippen molar-refractivity contribution in [2.75, 3.05) is 7.11 Å². The molecule has 0 saturated carbocycles. The first-order chi connectivity index (χ1) is 9.81. The molecule has 2 aromatic rings. The van der Waals surface area contributed by atoms with Crippen LogP contribution < -0.4 is 16.0 Å². The number of H-pyrrole nitrogens is 1. The lowest BCUT2D eigenvalue weighted by atomic mass is 10.2. The van der Waals surface area contributed by atoms with Gasteiger partial charge in [0.1, 0.15) is 11.4 Å². The van der Waals surface area contributed by atoms with Gasteiger partial charge in [-0.1, -0.05) is 12.1 Å². The van der Waals surface area contributed by atoms with Gasteiger partial charge in [-0.15, -0.1) is 0 Å². The van der Waals surface area contributed by atoms with Crippen molar-refractivity contribution in [2.45, 2.75) is 12.7 Å². The molecule has 112 valence electrons. The fraction of sp³-hybridized carbons (Fsp3) is 0.231. The molecule has 0 bridgehead atoms. The van der Waals surface area contributed by atoms with Crippen molar-refractivity contribution in [1.29, 1.82) is 0 Å². The Hall–Kier alpha value is -2.51. The number of rotatable bonds is 3. The summed E-state index contributed by atoms with van der Waals surface area (Å²) < 4.78 is 43.0. The summed E-state index contributed by atoms with van der Waals surface area (Å²) in [6.45, 7) is -0.129. The van der Waals surface area contributed by atoms with Gasteiger partial charge in [0.2, 0.25) is 0 Å². The van der Waals surface area contributed by atoms with Crippen LogP contribution in [-0.2, 0) is 12.7 Å². The van der Waals surface area contributed by atoms with Crippen LogP contribution in [0.1, 0.15) is 11.3 Å². The molecule has 0 aliphatic heterocycles. The third-order valence-electron chi connectivity index (χ3n) is 2.83. The molecule has 5 nitrogen and oxygen atoms in total. The number of alkyl halides is 3. The number of nitrogens with one attached hydrogen (secondary N) is 1. The normalized spacial score (nSPS) is 11.4. The summed E-state index contributed by atoms with van der Waals surface area (Å²) in [5.74, 6) is 0.590. The standard InChI is InChI=1S/C13H11F3N2O3/c1-21-9-4-2-8(3-5-9)7-18-11(19)6-10(13(14,15)16)17-12(18)20/h2-6H,7H2,1H3,(H,17,20). The number of benzene rings is 1. The molecule has 1 aromatic heterocycles. The maximum Gasteiger partial charge on any atom is 0.431 e. The third-order valence-corrected chi connectivity index (χ3v) is 2.83. The molecule has 21 heavy (non-hydrogen) atoms. The predicted octanol–water partition coefficient (Wildman–Crippen LogP) is 1.61. The van der Waals surface area contributed by atoms with Gasteiger partial charge in [0.05, 0.1) is 13.7 Å². The molecule has 0 aliphatic carbocycles. The SMILES string of the molecule is COc1ccc(Cn2c(=O)cc(C(F)(F)F)[nH]c2=O)cc1. The minimum atomic E-state index is -4.77. The van der Waals surface area contributed by atoms with E-state index in [0.29, 0.717) is 21.9 Å². The van der Waals surface area contributed by atoms with Crippen molar-refractivity contribution in [3.8, 4) is 5.75 Å². The number of nitrogens with zero attached hydrogens (tertiary/aromatic N) is 1. The zero-order chi connectivity index (χ0) is 15.6. The smallest absolute Gasteiger partial charge is 0.431 e. The number of aromatic amines is 1. The van der Waals surface area contributed by atoms with Crippen molar-refractivity contribution >= 4 is 0 Å². The van der Waals surface area contributed by atoms with Gasteiger partial charge in [-0.3, -0.25) is 9.36 Å². The molecule has 1 heterocycles. The predicted molar refractivity (Wildman–Crippen MR) is 68.4 cm³/mol. The number of aromatic nitrogens is 2. The van der Waals surface area contributed by atoms with Crippen LogP contribution in [0.2, 0.25) is 0 Å². The summed E-state index contributed by atoms with van der Waals surface area (Å²) in [5.41, 5.74) is -2.89. The first-order valence-corrected chi connectivity index (χ1v) is 5.85. The average molecular weight is 300 g/mol.